The van der Waals surface area contributed by atoms with Crippen molar-refractivity contribution in [1.29, 1.82) is 0 Å². The summed E-state index contributed by atoms with van der Waals surface area (Å²) in [7, 11) is 1.57. The van der Waals surface area contributed by atoms with Gasteiger partial charge in [0.1, 0.15) is 5.75 Å². The molecule has 0 aliphatic carbocycles. The number of oxime groups is 1. The molecule has 0 saturated carbocycles. The first-order valence-corrected chi connectivity index (χ1v) is 6.06. The second-order valence-electron chi connectivity index (χ2n) is 4.20. The van der Waals surface area contributed by atoms with Gasteiger partial charge in [-0.3, -0.25) is 4.79 Å². The third kappa shape index (κ3) is 4.68. The highest BCUT2D eigenvalue weighted by Gasteiger charge is 2.12. The zero-order valence-corrected chi connectivity index (χ0v) is 13.0. The lowest BCUT2D eigenvalue weighted by Gasteiger charge is -2.02. The van der Waals surface area contributed by atoms with E-state index in [-0.39, 0.29) is 29.3 Å². The first-order valence-electron chi connectivity index (χ1n) is 6.06. The zero-order chi connectivity index (χ0) is 14.4. The molecule has 1 N–H and O–H groups in total. The summed E-state index contributed by atoms with van der Waals surface area (Å²) >= 11 is 0. The van der Waals surface area contributed by atoms with E-state index in [0.717, 1.165) is 5.56 Å². The number of ether oxygens (including phenoxy) is 1. The Morgan fingerprint density at radius 3 is 2.67 bits per heavy atom. The Bertz CT molecular complexity index is 627. The minimum absolute atomic E-state index is 0. The lowest BCUT2D eigenvalue weighted by molar-refractivity contribution is -0.683. The molecule has 5 nitrogen and oxygen atoms in total. The molecule has 0 aliphatic heterocycles. The number of nitrogens with zero attached hydrogens (tertiary/aromatic N) is 2. The lowest BCUT2D eigenvalue weighted by Crippen LogP contribution is -3.00. The number of pyridine rings is 1. The Morgan fingerprint density at radius 1 is 1.33 bits per heavy atom. The van der Waals surface area contributed by atoms with Crippen molar-refractivity contribution in [2.24, 2.45) is 5.16 Å². The number of rotatable bonds is 5. The standard InChI is InChI=1S/C15H14N2O3.BrH/c1-20-14-4-2-3-13(9-14)15(18)11-17-7-5-12(6-8-17)10-16-19;/h2-10H,11H2,1H3;1H. The number of halogens is 1. The number of hydrogen-bond donors (Lipinski definition) is 1. The van der Waals surface area contributed by atoms with Crippen molar-refractivity contribution in [3.8, 4) is 5.75 Å². The topological polar surface area (TPSA) is 62.8 Å². The molecular weight excluding hydrogens is 336 g/mol. The minimum Gasteiger partial charge on any atom is -1.00 e. The van der Waals surface area contributed by atoms with Crippen molar-refractivity contribution >= 4 is 12.0 Å². The molecule has 2 rings (SSSR count). The van der Waals surface area contributed by atoms with Crippen molar-refractivity contribution in [1.82, 2.24) is 0 Å². The fourth-order valence-corrected chi connectivity index (χ4v) is 1.78. The summed E-state index contributed by atoms with van der Waals surface area (Å²) in [4.78, 5) is 12.2. The normalized spacial score (nSPS) is 10.1. The number of ketones is 1. The van der Waals surface area contributed by atoms with E-state index in [4.69, 9.17) is 9.94 Å². The molecule has 110 valence electrons. The number of Topliss-reactive ketones (excluding diaryl/α,β-unsaturated/α-hetero) is 1. The van der Waals surface area contributed by atoms with Gasteiger partial charge in [-0.15, -0.1) is 0 Å². The van der Waals surface area contributed by atoms with Crippen LogP contribution in [0.2, 0.25) is 0 Å². The van der Waals surface area contributed by atoms with Crippen LogP contribution in [0, 0.1) is 0 Å². The number of benzene rings is 1. The maximum atomic E-state index is 12.2. The highest BCUT2D eigenvalue weighted by molar-refractivity contribution is 5.95. The maximum absolute atomic E-state index is 12.2. The molecule has 21 heavy (non-hydrogen) atoms. The van der Waals surface area contributed by atoms with Crippen molar-refractivity contribution in [3.05, 3.63) is 59.9 Å². The van der Waals surface area contributed by atoms with Crippen molar-refractivity contribution in [3.63, 3.8) is 0 Å². The summed E-state index contributed by atoms with van der Waals surface area (Å²) in [6.07, 6.45) is 4.85. The molecule has 1 aromatic heterocycles. The van der Waals surface area contributed by atoms with Crippen LogP contribution in [0.5, 0.6) is 5.75 Å². The average molecular weight is 351 g/mol. The van der Waals surface area contributed by atoms with E-state index in [2.05, 4.69) is 5.16 Å². The van der Waals surface area contributed by atoms with E-state index in [0.29, 0.717) is 11.3 Å². The van der Waals surface area contributed by atoms with Gasteiger partial charge >= 0.3 is 0 Å². The number of aromatic nitrogens is 1. The fraction of sp³-hybridized carbons (Fsp3) is 0.133. The van der Waals surface area contributed by atoms with Crippen LogP contribution in [0.4, 0.5) is 0 Å². The number of carbonyl (C=O) groups is 1. The third-order valence-corrected chi connectivity index (χ3v) is 2.84. The van der Waals surface area contributed by atoms with Crippen LogP contribution in [0.1, 0.15) is 15.9 Å². The molecule has 1 aromatic carbocycles. The van der Waals surface area contributed by atoms with Crippen LogP contribution >= 0.6 is 0 Å². The Morgan fingerprint density at radius 2 is 2.05 bits per heavy atom. The maximum Gasteiger partial charge on any atom is 0.227 e. The molecule has 0 atom stereocenters. The van der Waals surface area contributed by atoms with E-state index < -0.39 is 0 Å². The van der Waals surface area contributed by atoms with Gasteiger partial charge in [0.15, 0.2) is 12.4 Å². The van der Waals surface area contributed by atoms with Crippen molar-refractivity contribution in [2.45, 2.75) is 6.54 Å². The monoisotopic (exact) mass is 350 g/mol. The zero-order valence-electron chi connectivity index (χ0n) is 11.4. The molecule has 0 saturated heterocycles. The van der Waals surface area contributed by atoms with Crippen LogP contribution in [0.25, 0.3) is 0 Å². The lowest BCUT2D eigenvalue weighted by atomic mass is 10.1. The predicted octanol–water partition coefficient (Wildman–Crippen LogP) is -1.32. The Hall–Kier alpha value is -2.21. The molecule has 0 bridgehead atoms. The number of carbonyl (C=O) groups excluding carboxylic acids is 1. The Balaban J connectivity index is 0.00000220. The molecule has 0 spiro atoms. The minimum atomic E-state index is -0.00234. The molecule has 0 aliphatic rings. The summed E-state index contributed by atoms with van der Waals surface area (Å²) in [6, 6.07) is 10.6. The summed E-state index contributed by atoms with van der Waals surface area (Å²) in [5.41, 5.74) is 1.37. The summed E-state index contributed by atoms with van der Waals surface area (Å²) in [6.45, 7) is 0.240. The molecule has 6 heteroatoms. The van der Waals surface area contributed by atoms with Gasteiger partial charge < -0.3 is 26.9 Å². The van der Waals surface area contributed by atoms with Gasteiger partial charge in [-0.2, -0.15) is 4.57 Å². The number of hydrogen-bond acceptors (Lipinski definition) is 4. The highest BCUT2D eigenvalue weighted by atomic mass is 79.9. The largest absolute Gasteiger partial charge is 1.00 e. The van der Waals surface area contributed by atoms with Gasteiger partial charge in [0, 0.05) is 23.3 Å². The van der Waals surface area contributed by atoms with E-state index >= 15 is 0 Å². The van der Waals surface area contributed by atoms with Crippen LogP contribution in [0.15, 0.2) is 53.9 Å². The van der Waals surface area contributed by atoms with Crippen molar-refractivity contribution in [2.75, 3.05) is 7.11 Å². The predicted molar refractivity (Wildman–Crippen MR) is 73.3 cm³/mol. The molecule has 0 unspecified atom stereocenters. The Kier molecular flexibility index (Phi) is 6.55. The SMILES string of the molecule is COc1cccc(C(=O)C[n+]2ccc(C=NO)cc2)c1.[Br-]. The second-order valence-corrected chi connectivity index (χ2v) is 4.20. The van der Waals surface area contributed by atoms with Crippen LogP contribution in [-0.4, -0.2) is 24.3 Å². The molecule has 2 aromatic rings. The smallest absolute Gasteiger partial charge is 0.227 e. The first-order chi connectivity index (χ1) is 9.72. The summed E-state index contributed by atoms with van der Waals surface area (Å²) in [5.74, 6) is 0.660. The van der Waals surface area contributed by atoms with Gasteiger partial charge in [0.05, 0.1) is 13.3 Å². The molecule has 0 amide bonds. The quantitative estimate of drug-likeness (QED) is 0.239. The van der Waals surface area contributed by atoms with E-state index in [1.54, 1.807) is 60.5 Å². The summed E-state index contributed by atoms with van der Waals surface area (Å²) < 4.78 is 6.86. The molecule has 0 radical (unpaired) electrons. The van der Waals surface area contributed by atoms with Gasteiger partial charge in [-0.05, 0) is 12.1 Å². The van der Waals surface area contributed by atoms with Gasteiger partial charge in [-0.25, -0.2) is 0 Å². The van der Waals surface area contributed by atoms with E-state index in [1.807, 2.05) is 0 Å². The first kappa shape index (κ1) is 16.8. The van der Waals surface area contributed by atoms with Crippen molar-refractivity contribution < 1.29 is 36.3 Å². The van der Waals surface area contributed by atoms with E-state index in [9.17, 15) is 4.79 Å². The summed E-state index contributed by atoms with van der Waals surface area (Å²) in [5, 5.41) is 11.4. The Labute approximate surface area is 133 Å². The van der Waals surface area contributed by atoms with Crippen LogP contribution < -0.4 is 26.3 Å². The van der Waals surface area contributed by atoms with E-state index in [1.165, 1.54) is 6.21 Å². The van der Waals surface area contributed by atoms with Gasteiger partial charge in [0.25, 0.3) is 0 Å². The average Bonchev–Trinajstić information content (AvgIpc) is 2.49. The fourth-order valence-electron chi connectivity index (χ4n) is 1.78. The van der Waals surface area contributed by atoms with Gasteiger partial charge in [-0.1, -0.05) is 17.3 Å². The molecule has 0 fully saturated rings. The number of methoxy groups -OCH3 is 1. The van der Waals surface area contributed by atoms with Gasteiger partial charge in [0.2, 0.25) is 12.3 Å². The third-order valence-electron chi connectivity index (χ3n) is 2.84. The van der Waals surface area contributed by atoms with Crippen LogP contribution in [0.3, 0.4) is 0 Å². The second kappa shape index (κ2) is 8.16. The molecular formula is C15H15BrN2O3. The molecule has 1 heterocycles. The van der Waals surface area contributed by atoms with Crippen LogP contribution in [-0.2, 0) is 6.54 Å². The highest BCUT2D eigenvalue weighted by Crippen LogP contribution is 2.12.